The van der Waals surface area contributed by atoms with Gasteiger partial charge in [-0.2, -0.15) is 8.78 Å². The summed E-state index contributed by atoms with van der Waals surface area (Å²) >= 11 is 0. The highest BCUT2D eigenvalue weighted by atomic mass is 19.3. The average molecular weight is 405 g/mol. The third kappa shape index (κ3) is 4.36. The van der Waals surface area contributed by atoms with Gasteiger partial charge in [-0.3, -0.25) is 4.98 Å². The Morgan fingerprint density at radius 3 is 2.73 bits per heavy atom. The van der Waals surface area contributed by atoms with Gasteiger partial charge in [0.05, 0.1) is 6.57 Å². The standard InChI is InChI=1S/C22H17F2N5O/c1-25-17-9-18-16(12-28-21(18)29-13-17)8-14-6-7-20(26-10-14)27-11-15-4-2-3-5-19(15)30-22(23)24/h2-7,9-10,12-13,22H,8,11H2,(H,26,27)(H,28,29). The van der Waals surface area contributed by atoms with Crippen LogP contribution in [0, 0.1) is 6.57 Å². The fraction of sp³-hybridized carbons (Fsp3) is 0.136. The second-order valence-corrected chi connectivity index (χ2v) is 6.58. The molecule has 0 saturated carbocycles. The van der Waals surface area contributed by atoms with E-state index >= 15 is 0 Å². The van der Waals surface area contributed by atoms with Crippen LogP contribution in [0.3, 0.4) is 0 Å². The van der Waals surface area contributed by atoms with E-state index in [-0.39, 0.29) is 5.75 Å². The van der Waals surface area contributed by atoms with Crippen LogP contribution in [0.1, 0.15) is 16.7 Å². The highest BCUT2D eigenvalue weighted by molar-refractivity contribution is 5.83. The van der Waals surface area contributed by atoms with Crippen LogP contribution in [0.15, 0.2) is 61.1 Å². The SMILES string of the molecule is [C-]#[N+]c1cnc2[nH]cc(Cc3ccc(NCc4ccccc4OC(F)F)nc3)c2c1. The van der Waals surface area contributed by atoms with E-state index in [1.54, 1.807) is 30.6 Å². The molecule has 6 nitrogen and oxygen atoms in total. The second kappa shape index (κ2) is 8.57. The van der Waals surface area contributed by atoms with Crippen molar-refractivity contribution in [2.45, 2.75) is 19.6 Å². The minimum Gasteiger partial charge on any atom is -0.434 e. The van der Waals surface area contributed by atoms with Crippen LogP contribution in [0.2, 0.25) is 0 Å². The Kier molecular flexibility index (Phi) is 5.52. The number of nitrogens with zero attached hydrogens (tertiary/aromatic N) is 3. The largest absolute Gasteiger partial charge is 0.434 e. The fourth-order valence-electron chi connectivity index (χ4n) is 3.15. The zero-order chi connectivity index (χ0) is 20.9. The van der Waals surface area contributed by atoms with E-state index in [0.29, 0.717) is 30.0 Å². The molecule has 8 heteroatoms. The third-order valence-corrected chi connectivity index (χ3v) is 4.60. The zero-order valence-corrected chi connectivity index (χ0v) is 15.8. The summed E-state index contributed by atoms with van der Waals surface area (Å²) < 4.78 is 29.6. The number of halogens is 2. The maximum absolute atomic E-state index is 12.5. The molecule has 0 fully saturated rings. The van der Waals surface area contributed by atoms with Crippen molar-refractivity contribution in [1.82, 2.24) is 15.0 Å². The van der Waals surface area contributed by atoms with Crippen molar-refractivity contribution in [2.75, 3.05) is 5.32 Å². The lowest BCUT2D eigenvalue weighted by atomic mass is 10.1. The number of hydrogen-bond acceptors (Lipinski definition) is 4. The van der Waals surface area contributed by atoms with Gasteiger partial charge in [0.15, 0.2) is 0 Å². The highest BCUT2D eigenvalue weighted by Gasteiger charge is 2.10. The number of hydrogen-bond donors (Lipinski definition) is 2. The van der Waals surface area contributed by atoms with E-state index in [2.05, 4.69) is 29.9 Å². The van der Waals surface area contributed by atoms with Crippen molar-refractivity contribution >= 4 is 22.5 Å². The van der Waals surface area contributed by atoms with E-state index in [1.807, 2.05) is 24.4 Å². The molecule has 0 saturated heterocycles. The number of ether oxygens (including phenoxy) is 1. The molecule has 0 spiro atoms. The first-order valence-corrected chi connectivity index (χ1v) is 9.17. The van der Waals surface area contributed by atoms with Crippen molar-refractivity contribution in [3.05, 3.63) is 89.2 Å². The molecule has 0 radical (unpaired) electrons. The molecule has 1 aromatic carbocycles. The lowest BCUT2D eigenvalue weighted by molar-refractivity contribution is -0.0504. The lowest BCUT2D eigenvalue weighted by Gasteiger charge is -2.12. The smallest absolute Gasteiger partial charge is 0.387 e. The summed E-state index contributed by atoms with van der Waals surface area (Å²) in [6, 6.07) is 12.3. The van der Waals surface area contributed by atoms with Gasteiger partial charge in [-0.05, 0) is 29.3 Å². The number of nitrogens with one attached hydrogen (secondary N) is 2. The number of alkyl halides is 2. The third-order valence-electron chi connectivity index (χ3n) is 4.60. The normalized spacial score (nSPS) is 10.9. The maximum Gasteiger partial charge on any atom is 0.387 e. The summed E-state index contributed by atoms with van der Waals surface area (Å²) in [7, 11) is 0. The van der Waals surface area contributed by atoms with E-state index in [0.717, 1.165) is 22.2 Å². The second-order valence-electron chi connectivity index (χ2n) is 6.58. The lowest BCUT2D eigenvalue weighted by Crippen LogP contribution is -2.07. The summed E-state index contributed by atoms with van der Waals surface area (Å²) in [4.78, 5) is 15.2. The first kappa shape index (κ1) is 19.3. The van der Waals surface area contributed by atoms with Crippen LogP contribution in [0.25, 0.3) is 15.9 Å². The van der Waals surface area contributed by atoms with E-state index in [4.69, 9.17) is 6.57 Å². The van der Waals surface area contributed by atoms with Crippen LogP contribution < -0.4 is 10.1 Å². The highest BCUT2D eigenvalue weighted by Crippen LogP contribution is 2.24. The van der Waals surface area contributed by atoms with Gasteiger partial charge in [-0.15, -0.1) is 0 Å². The van der Waals surface area contributed by atoms with E-state index in [1.165, 1.54) is 6.07 Å². The van der Waals surface area contributed by atoms with Crippen molar-refractivity contribution in [3.8, 4) is 5.75 Å². The average Bonchev–Trinajstić information content (AvgIpc) is 3.15. The fourth-order valence-corrected chi connectivity index (χ4v) is 3.15. The molecule has 4 aromatic rings. The molecule has 2 N–H and O–H groups in total. The molecule has 0 atom stereocenters. The van der Waals surface area contributed by atoms with Gasteiger partial charge in [0, 0.05) is 42.5 Å². The molecule has 30 heavy (non-hydrogen) atoms. The van der Waals surface area contributed by atoms with Crippen molar-refractivity contribution in [2.24, 2.45) is 0 Å². The molecule has 0 aliphatic carbocycles. The predicted molar refractivity (Wildman–Crippen MR) is 110 cm³/mol. The Labute approximate surface area is 171 Å². The van der Waals surface area contributed by atoms with Gasteiger partial charge in [0.25, 0.3) is 0 Å². The number of benzene rings is 1. The van der Waals surface area contributed by atoms with Crippen LogP contribution in [0.4, 0.5) is 20.3 Å². The van der Waals surface area contributed by atoms with Gasteiger partial charge in [0.2, 0.25) is 5.69 Å². The summed E-state index contributed by atoms with van der Waals surface area (Å²) in [5.41, 5.74) is 3.88. The van der Waals surface area contributed by atoms with Crippen LogP contribution in [-0.2, 0) is 13.0 Å². The number of fused-ring (bicyclic) bond motifs is 1. The summed E-state index contributed by atoms with van der Waals surface area (Å²) in [6.07, 6.45) is 5.83. The summed E-state index contributed by atoms with van der Waals surface area (Å²) in [6.45, 7) is 4.59. The van der Waals surface area contributed by atoms with Crippen molar-refractivity contribution in [3.63, 3.8) is 0 Å². The van der Waals surface area contributed by atoms with Gasteiger partial charge in [-0.25, -0.2) is 9.83 Å². The topological polar surface area (TPSA) is 67.2 Å². The molecule has 3 heterocycles. The number of H-pyrrole nitrogens is 1. The molecule has 0 aliphatic heterocycles. The van der Waals surface area contributed by atoms with Gasteiger partial charge in [-0.1, -0.05) is 24.3 Å². The van der Waals surface area contributed by atoms with Crippen LogP contribution in [-0.4, -0.2) is 21.6 Å². The van der Waals surface area contributed by atoms with Crippen molar-refractivity contribution in [1.29, 1.82) is 0 Å². The summed E-state index contributed by atoms with van der Waals surface area (Å²) in [5, 5.41) is 4.04. The quantitative estimate of drug-likeness (QED) is 0.409. The molecule has 150 valence electrons. The number of anilines is 1. The minimum absolute atomic E-state index is 0.142. The Balaban J connectivity index is 1.44. The van der Waals surface area contributed by atoms with Crippen molar-refractivity contribution < 1.29 is 13.5 Å². The zero-order valence-electron chi connectivity index (χ0n) is 15.8. The first-order valence-electron chi connectivity index (χ1n) is 9.17. The predicted octanol–water partition coefficient (Wildman–Crippen LogP) is 5.31. The Morgan fingerprint density at radius 2 is 1.97 bits per heavy atom. The van der Waals surface area contributed by atoms with Gasteiger partial charge in [0.1, 0.15) is 17.2 Å². The molecular formula is C22H17F2N5O. The Hall–Kier alpha value is -3.99. The van der Waals surface area contributed by atoms with E-state index < -0.39 is 6.61 Å². The summed E-state index contributed by atoms with van der Waals surface area (Å²) in [5.74, 6) is 0.768. The molecule has 0 bridgehead atoms. The molecular weight excluding hydrogens is 388 g/mol. The molecule has 3 aromatic heterocycles. The van der Waals surface area contributed by atoms with Crippen LogP contribution >= 0.6 is 0 Å². The maximum atomic E-state index is 12.5. The Bertz CT molecular complexity index is 1200. The van der Waals surface area contributed by atoms with Crippen LogP contribution in [0.5, 0.6) is 5.75 Å². The van der Waals surface area contributed by atoms with Gasteiger partial charge >= 0.3 is 6.61 Å². The molecule has 0 amide bonds. The number of aromatic amines is 1. The molecule has 0 aliphatic rings. The molecule has 4 rings (SSSR count). The number of para-hydroxylation sites is 1. The number of pyridine rings is 2. The molecule has 0 unspecified atom stereocenters. The minimum atomic E-state index is -2.87. The number of aromatic nitrogens is 3. The first-order chi connectivity index (χ1) is 14.6. The monoisotopic (exact) mass is 405 g/mol. The Morgan fingerprint density at radius 1 is 1.10 bits per heavy atom. The number of rotatable bonds is 7. The van der Waals surface area contributed by atoms with E-state index in [9.17, 15) is 8.78 Å². The van der Waals surface area contributed by atoms with Gasteiger partial charge < -0.3 is 15.0 Å².